The molecule has 0 unspecified atom stereocenters. The van der Waals surface area contributed by atoms with Crippen molar-refractivity contribution in [1.29, 1.82) is 0 Å². The summed E-state index contributed by atoms with van der Waals surface area (Å²) in [6.45, 7) is 11.5. The van der Waals surface area contributed by atoms with E-state index in [1.54, 1.807) is 72.8 Å². The van der Waals surface area contributed by atoms with E-state index in [-0.39, 0.29) is 81.7 Å². The van der Waals surface area contributed by atoms with Crippen LogP contribution in [-0.2, 0) is 57.2 Å². The summed E-state index contributed by atoms with van der Waals surface area (Å²) in [5.74, 6) is -1.93. The molecule has 0 heterocycles. The Morgan fingerprint density at radius 3 is 1.05 bits per heavy atom. The maximum Gasteiger partial charge on any atom is 0.337 e. The van der Waals surface area contributed by atoms with Gasteiger partial charge in [-0.15, -0.1) is 0 Å². The highest BCUT2D eigenvalue weighted by Gasteiger charge is 2.20. The molecule has 0 N–H and O–H groups in total. The molecule has 60 heavy (non-hydrogen) atoms. The highest BCUT2D eigenvalue weighted by molar-refractivity contribution is 6.16. The average molecular weight is 831 g/mol. The molecule has 15 heteroatoms. The third-order valence-corrected chi connectivity index (χ3v) is 8.43. The van der Waals surface area contributed by atoms with Gasteiger partial charge >= 0.3 is 35.8 Å². The summed E-state index contributed by atoms with van der Waals surface area (Å²) < 4.78 is 47.3. The van der Waals surface area contributed by atoms with Crippen LogP contribution in [0.1, 0.15) is 61.6 Å². The van der Waals surface area contributed by atoms with E-state index in [2.05, 4.69) is 33.9 Å². The van der Waals surface area contributed by atoms with Gasteiger partial charge in [0.25, 0.3) is 6.29 Å². The Hall–Kier alpha value is -6.90. The van der Waals surface area contributed by atoms with Gasteiger partial charge in [-0.25, -0.2) is 14.4 Å². The third-order valence-electron chi connectivity index (χ3n) is 8.43. The molecular weight excluding hydrogens is 780 g/mol. The van der Waals surface area contributed by atoms with Crippen LogP contribution in [-0.4, -0.2) is 89.9 Å². The molecule has 320 valence electrons. The Balaban J connectivity index is 1.45. The second-order valence-corrected chi connectivity index (χ2v) is 12.8. The van der Waals surface area contributed by atoms with E-state index in [0.717, 1.165) is 0 Å². The summed E-state index contributed by atoms with van der Waals surface area (Å²) in [5, 5.41) is 0. The summed E-state index contributed by atoms with van der Waals surface area (Å²) >= 11 is 0. The van der Waals surface area contributed by atoms with Crippen molar-refractivity contribution in [3.63, 3.8) is 0 Å². The summed E-state index contributed by atoms with van der Waals surface area (Å²) in [5.41, 5.74) is 2.35. The minimum Gasteiger partial charge on any atom is -0.494 e. The molecule has 0 amide bonds. The van der Waals surface area contributed by atoms with Crippen molar-refractivity contribution in [2.45, 2.75) is 51.2 Å². The zero-order valence-electron chi connectivity index (χ0n) is 34.0. The third kappa shape index (κ3) is 16.5. The van der Waals surface area contributed by atoms with Gasteiger partial charge in [-0.1, -0.05) is 56.1 Å². The molecule has 0 aliphatic carbocycles. The minimum atomic E-state index is -1.33. The van der Waals surface area contributed by atoms with Gasteiger partial charge in [0.1, 0.15) is 17.2 Å². The highest BCUT2D eigenvalue weighted by atomic mass is 16.7. The van der Waals surface area contributed by atoms with Crippen molar-refractivity contribution in [2.24, 2.45) is 0 Å². The van der Waals surface area contributed by atoms with Gasteiger partial charge in [0.05, 0.1) is 70.9 Å². The van der Waals surface area contributed by atoms with Crippen molar-refractivity contribution in [3.8, 4) is 17.2 Å². The van der Waals surface area contributed by atoms with E-state index in [0.29, 0.717) is 40.4 Å². The van der Waals surface area contributed by atoms with Crippen molar-refractivity contribution < 1.29 is 71.4 Å². The second kappa shape index (κ2) is 25.5. The van der Waals surface area contributed by atoms with Gasteiger partial charge in [-0.3, -0.25) is 14.4 Å². The number of methoxy groups -OCH3 is 3. The van der Waals surface area contributed by atoms with E-state index < -0.39 is 42.1 Å². The molecule has 3 aromatic rings. The number of hydrogen-bond donors (Lipinski definition) is 0. The van der Waals surface area contributed by atoms with E-state index in [4.69, 9.17) is 28.4 Å². The van der Waals surface area contributed by atoms with Crippen molar-refractivity contribution >= 4 is 52.5 Å². The lowest BCUT2D eigenvalue weighted by Gasteiger charge is -2.18. The predicted molar refractivity (Wildman–Crippen MR) is 218 cm³/mol. The van der Waals surface area contributed by atoms with Crippen molar-refractivity contribution in [1.82, 2.24) is 0 Å². The molecule has 0 radical (unpaired) electrons. The lowest BCUT2D eigenvalue weighted by molar-refractivity contribution is -0.191. The maximum absolute atomic E-state index is 12.8. The van der Waals surface area contributed by atoms with Gasteiger partial charge in [0.2, 0.25) is 0 Å². The summed E-state index contributed by atoms with van der Waals surface area (Å²) in [6.07, 6.45) is -0.639. The first-order chi connectivity index (χ1) is 28.8. The SMILES string of the molecule is C=C(C(=O)OC)c1ccc(OCCCC(=O)OCCC(OC(=O)CCCOc2ccc(C(=C)C(=O)OC)cc2)OC(=O)CCCOc2ccc(C(=C)C(=O)OC)cc2)cc1. The lowest BCUT2D eigenvalue weighted by atomic mass is 10.1. The Morgan fingerprint density at radius 2 is 0.750 bits per heavy atom. The topological polar surface area (TPSA) is 185 Å². The molecule has 0 aromatic heterocycles. The van der Waals surface area contributed by atoms with Crippen LogP contribution < -0.4 is 14.2 Å². The Labute approximate surface area is 348 Å². The van der Waals surface area contributed by atoms with E-state index in [1.165, 1.54) is 21.3 Å². The predicted octanol–water partition coefficient (Wildman–Crippen LogP) is 6.47. The van der Waals surface area contributed by atoms with Crippen LogP contribution in [0.4, 0.5) is 0 Å². The van der Waals surface area contributed by atoms with Crippen LogP contribution in [0.25, 0.3) is 16.7 Å². The average Bonchev–Trinajstić information content (AvgIpc) is 3.27. The first kappa shape index (κ1) is 47.5. The Bertz CT molecular complexity index is 1850. The van der Waals surface area contributed by atoms with Gasteiger partial charge in [-0.05, 0) is 72.4 Å². The molecular formula is C45H50O15. The molecule has 3 rings (SSSR count). The van der Waals surface area contributed by atoms with Gasteiger partial charge < -0.3 is 42.6 Å². The van der Waals surface area contributed by atoms with Crippen molar-refractivity contribution in [2.75, 3.05) is 47.8 Å². The van der Waals surface area contributed by atoms with Crippen LogP contribution in [0.3, 0.4) is 0 Å². The highest BCUT2D eigenvalue weighted by Crippen LogP contribution is 2.21. The number of carbonyl (C=O) groups excluding carboxylic acids is 6. The number of benzene rings is 3. The number of rotatable bonds is 26. The van der Waals surface area contributed by atoms with Crippen molar-refractivity contribution in [3.05, 3.63) is 109 Å². The van der Waals surface area contributed by atoms with Crippen LogP contribution in [0.2, 0.25) is 0 Å². The molecule has 0 bridgehead atoms. The molecule has 3 aromatic carbocycles. The van der Waals surface area contributed by atoms with Gasteiger partial charge in [0, 0.05) is 19.3 Å². The number of carbonyl (C=O) groups is 6. The van der Waals surface area contributed by atoms with E-state index in [9.17, 15) is 28.8 Å². The van der Waals surface area contributed by atoms with E-state index in [1.807, 2.05) is 0 Å². The fourth-order valence-electron chi connectivity index (χ4n) is 5.09. The first-order valence-corrected chi connectivity index (χ1v) is 18.9. The minimum absolute atomic E-state index is 0.0347. The van der Waals surface area contributed by atoms with Crippen LogP contribution >= 0.6 is 0 Å². The second-order valence-electron chi connectivity index (χ2n) is 12.8. The van der Waals surface area contributed by atoms with Crippen LogP contribution in [0, 0.1) is 0 Å². The monoisotopic (exact) mass is 830 g/mol. The molecule has 0 saturated carbocycles. The molecule has 0 saturated heterocycles. The van der Waals surface area contributed by atoms with E-state index >= 15 is 0 Å². The normalized spacial score (nSPS) is 10.4. The smallest absolute Gasteiger partial charge is 0.337 e. The molecule has 0 aliphatic heterocycles. The standard InChI is InChI=1S/C45H50O15/c1-30(43(49)52-4)33-13-19-36(20-14-33)55-26-7-10-39(46)58-29-25-42(59-40(47)11-8-27-56-37-21-15-34(16-22-37)31(2)44(50)53-5)60-41(48)12-9-28-57-38-23-17-35(18-24-38)32(3)45(51)54-6/h13-24,42H,1-3,7-12,25-29H2,4-6H3. The lowest BCUT2D eigenvalue weighted by Crippen LogP contribution is -2.27. The fourth-order valence-corrected chi connectivity index (χ4v) is 5.09. The van der Waals surface area contributed by atoms with Gasteiger partial charge in [0.15, 0.2) is 0 Å². The maximum atomic E-state index is 12.8. The number of esters is 6. The summed E-state index contributed by atoms with van der Waals surface area (Å²) in [6, 6.07) is 19.9. The number of hydrogen-bond acceptors (Lipinski definition) is 15. The largest absolute Gasteiger partial charge is 0.494 e. The summed E-state index contributed by atoms with van der Waals surface area (Å²) in [7, 11) is 3.81. The molecule has 0 aliphatic rings. The quantitative estimate of drug-likeness (QED) is 0.0282. The molecule has 0 fully saturated rings. The Morgan fingerprint density at radius 1 is 0.450 bits per heavy atom. The van der Waals surface area contributed by atoms with Crippen LogP contribution in [0.5, 0.6) is 17.2 Å². The van der Waals surface area contributed by atoms with Gasteiger partial charge in [-0.2, -0.15) is 0 Å². The van der Waals surface area contributed by atoms with Crippen LogP contribution in [0.15, 0.2) is 92.5 Å². The summed E-state index contributed by atoms with van der Waals surface area (Å²) in [4.78, 5) is 73.0. The zero-order valence-corrected chi connectivity index (χ0v) is 34.0. The molecule has 0 atom stereocenters. The first-order valence-electron chi connectivity index (χ1n) is 18.9. The zero-order chi connectivity index (χ0) is 43.9. The molecule has 15 nitrogen and oxygen atoms in total. The molecule has 0 spiro atoms. The number of ether oxygens (including phenoxy) is 9. The Kier molecular flexibility index (Phi) is 20.1. The fraction of sp³-hybridized carbons (Fsp3) is 0.333.